The number of hydrogen-bond donors (Lipinski definition) is 0. The van der Waals surface area contributed by atoms with E-state index in [2.05, 4.69) is 4.90 Å². The van der Waals surface area contributed by atoms with Crippen molar-refractivity contribution in [1.82, 2.24) is 4.90 Å². The lowest BCUT2D eigenvalue weighted by atomic mass is 10.0. The van der Waals surface area contributed by atoms with Crippen LogP contribution < -0.4 is 0 Å². The second-order valence-electron chi connectivity index (χ2n) is 4.42. The van der Waals surface area contributed by atoms with Gasteiger partial charge in [0.2, 0.25) is 0 Å². The molecule has 0 spiro atoms. The lowest BCUT2D eigenvalue weighted by Crippen LogP contribution is -2.37. The minimum atomic E-state index is 0.192. The first kappa shape index (κ1) is 10.1. The predicted molar refractivity (Wildman–Crippen MR) is 54.2 cm³/mol. The molecule has 2 rings (SSSR count). The maximum absolute atomic E-state index is 10.8. The summed E-state index contributed by atoms with van der Waals surface area (Å²) in [7, 11) is 0. The van der Waals surface area contributed by atoms with Crippen LogP contribution in [-0.4, -0.2) is 43.5 Å². The zero-order valence-corrected chi connectivity index (χ0v) is 8.65. The average molecular weight is 197 g/mol. The first-order chi connectivity index (χ1) is 6.90. The molecular formula is C11H19NO2. The second-order valence-corrected chi connectivity index (χ2v) is 4.42. The Morgan fingerprint density at radius 1 is 1.36 bits per heavy atom. The van der Waals surface area contributed by atoms with E-state index >= 15 is 0 Å². The third-order valence-corrected chi connectivity index (χ3v) is 3.32. The Morgan fingerprint density at radius 3 is 3.00 bits per heavy atom. The first-order valence-corrected chi connectivity index (χ1v) is 5.67. The molecular weight excluding hydrogens is 178 g/mol. The van der Waals surface area contributed by atoms with Crippen LogP contribution in [-0.2, 0) is 9.53 Å². The molecule has 0 saturated carbocycles. The standard InChI is InChI=1S/C11H19NO2/c13-8-11-4-1-5-12(11)7-10-3-2-6-14-9-10/h8,10-11H,1-7,9H2/t10?,11-/m0/s1. The molecule has 0 bridgehead atoms. The summed E-state index contributed by atoms with van der Waals surface area (Å²) in [5.74, 6) is 0.657. The zero-order valence-electron chi connectivity index (χ0n) is 8.65. The highest BCUT2D eigenvalue weighted by Gasteiger charge is 2.26. The lowest BCUT2D eigenvalue weighted by molar-refractivity contribution is -0.111. The molecule has 2 fully saturated rings. The number of hydrogen-bond acceptors (Lipinski definition) is 3. The van der Waals surface area contributed by atoms with Crippen LogP contribution in [0.3, 0.4) is 0 Å². The number of ether oxygens (including phenoxy) is 1. The fraction of sp³-hybridized carbons (Fsp3) is 0.909. The van der Waals surface area contributed by atoms with Gasteiger partial charge in [-0.2, -0.15) is 0 Å². The van der Waals surface area contributed by atoms with Gasteiger partial charge in [0, 0.05) is 13.2 Å². The Balaban J connectivity index is 1.80. The lowest BCUT2D eigenvalue weighted by Gasteiger charge is -2.28. The Morgan fingerprint density at radius 2 is 2.29 bits per heavy atom. The molecule has 2 heterocycles. The van der Waals surface area contributed by atoms with Gasteiger partial charge in [-0.1, -0.05) is 0 Å². The molecule has 14 heavy (non-hydrogen) atoms. The van der Waals surface area contributed by atoms with E-state index in [1.165, 1.54) is 19.3 Å². The summed E-state index contributed by atoms with van der Waals surface area (Å²) in [4.78, 5) is 13.1. The van der Waals surface area contributed by atoms with E-state index in [0.717, 1.165) is 39.0 Å². The van der Waals surface area contributed by atoms with E-state index in [-0.39, 0.29) is 6.04 Å². The first-order valence-electron chi connectivity index (χ1n) is 5.67. The van der Waals surface area contributed by atoms with Crippen molar-refractivity contribution in [3.8, 4) is 0 Å². The van der Waals surface area contributed by atoms with E-state index < -0.39 is 0 Å². The molecule has 0 radical (unpaired) electrons. The maximum atomic E-state index is 10.8. The minimum absolute atomic E-state index is 0.192. The van der Waals surface area contributed by atoms with Crippen molar-refractivity contribution < 1.29 is 9.53 Å². The molecule has 3 heteroatoms. The molecule has 0 aliphatic carbocycles. The van der Waals surface area contributed by atoms with Gasteiger partial charge in [-0.25, -0.2) is 0 Å². The number of carbonyl (C=O) groups is 1. The van der Waals surface area contributed by atoms with E-state index in [9.17, 15) is 4.79 Å². The molecule has 0 aromatic heterocycles. The summed E-state index contributed by atoms with van der Waals surface area (Å²) in [5.41, 5.74) is 0. The highest BCUT2D eigenvalue weighted by Crippen LogP contribution is 2.21. The van der Waals surface area contributed by atoms with Crippen LogP contribution >= 0.6 is 0 Å². The van der Waals surface area contributed by atoms with Gasteiger partial charge in [0.1, 0.15) is 6.29 Å². The molecule has 0 amide bonds. The summed E-state index contributed by atoms with van der Waals surface area (Å²) < 4.78 is 5.45. The van der Waals surface area contributed by atoms with Gasteiger partial charge in [-0.05, 0) is 38.1 Å². The summed E-state index contributed by atoms with van der Waals surface area (Å²) in [6.07, 6.45) is 5.79. The Kier molecular flexibility index (Phi) is 3.54. The molecule has 3 nitrogen and oxygen atoms in total. The zero-order chi connectivity index (χ0) is 9.80. The van der Waals surface area contributed by atoms with Gasteiger partial charge < -0.3 is 9.53 Å². The molecule has 2 atom stereocenters. The largest absolute Gasteiger partial charge is 0.381 e. The van der Waals surface area contributed by atoms with Crippen LogP contribution in [0, 0.1) is 5.92 Å². The summed E-state index contributed by atoms with van der Waals surface area (Å²) in [6.45, 7) is 3.97. The topological polar surface area (TPSA) is 29.5 Å². The van der Waals surface area contributed by atoms with Crippen molar-refractivity contribution in [2.75, 3.05) is 26.3 Å². The fourth-order valence-corrected chi connectivity index (χ4v) is 2.52. The molecule has 0 N–H and O–H groups in total. The maximum Gasteiger partial charge on any atom is 0.137 e. The van der Waals surface area contributed by atoms with Crippen molar-refractivity contribution in [3.05, 3.63) is 0 Å². The average Bonchev–Trinajstić information content (AvgIpc) is 2.67. The van der Waals surface area contributed by atoms with Gasteiger partial charge >= 0.3 is 0 Å². The van der Waals surface area contributed by atoms with Crippen LogP contribution in [0.25, 0.3) is 0 Å². The molecule has 2 aliphatic rings. The van der Waals surface area contributed by atoms with Crippen molar-refractivity contribution >= 4 is 6.29 Å². The monoisotopic (exact) mass is 197 g/mol. The Hall–Kier alpha value is -0.410. The van der Waals surface area contributed by atoms with E-state index in [1.807, 2.05) is 0 Å². The van der Waals surface area contributed by atoms with Crippen molar-refractivity contribution in [2.45, 2.75) is 31.7 Å². The number of rotatable bonds is 3. The van der Waals surface area contributed by atoms with Gasteiger partial charge in [0.05, 0.1) is 12.6 Å². The van der Waals surface area contributed by atoms with Crippen LogP contribution in [0.15, 0.2) is 0 Å². The Bertz CT molecular complexity index is 190. The molecule has 0 aromatic carbocycles. The molecule has 2 aliphatic heterocycles. The highest BCUT2D eigenvalue weighted by atomic mass is 16.5. The predicted octanol–water partition coefficient (Wildman–Crippen LogP) is 1.08. The molecule has 0 aromatic rings. The van der Waals surface area contributed by atoms with Crippen LogP contribution in [0.5, 0.6) is 0 Å². The van der Waals surface area contributed by atoms with Gasteiger partial charge in [-0.3, -0.25) is 4.90 Å². The quantitative estimate of drug-likeness (QED) is 0.634. The van der Waals surface area contributed by atoms with Gasteiger partial charge in [0.15, 0.2) is 0 Å². The number of carbonyl (C=O) groups excluding carboxylic acids is 1. The van der Waals surface area contributed by atoms with Crippen molar-refractivity contribution in [3.63, 3.8) is 0 Å². The van der Waals surface area contributed by atoms with E-state index in [1.54, 1.807) is 0 Å². The van der Waals surface area contributed by atoms with E-state index in [0.29, 0.717) is 5.92 Å². The van der Waals surface area contributed by atoms with Crippen molar-refractivity contribution in [2.24, 2.45) is 5.92 Å². The summed E-state index contributed by atoms with van der Waals surface area (Å²) >= 11 is 0. The highest BCUT2D eigenvalue weighted by molar-refractivity contribution is 5.58. The SMILES string of the molecule is O=C[C@@H]1CCCN1CC1CCCOC1. The van der Waals surface area contributed by atoms with Crippen molar-refractivity contribution in [1.29, 1.82) is 0 Å². The minimum Gasteiger partial charge on any atom is -0.381 e. The van der Waals surface area contributed by atoms with Crippen LogP contribution in [0.2, 0.25) is 0 Å². The van der Waals surface area contributed by atoms with Crippen LogP contribution in [0.4, 0.5) is 0 Å². The van der Waals surface area contributed by atoms with Gasteiger partial charge in [0.25, 0.3) is 0 Å². The summed E-state index contributed by atoms with van der Waals surface area (Å²) in [6, 6.07) is 0.192. The number of aldehydes is 1. The second kappa shape index (κ2) is 4.89. The smallest absolute Gasteiger partial charge is 0.137 e. The van der Waals surface area contributed by atoms with E-state index in [4.69, 9.17) is 4.74 Å². The molecule has 2 saturated heterocycles. The third kappa shape index (κ3) is 2.34. The van der Waals surface area contributed by atoms with Gasteiger partial charge in [-0.15, -0.1) is 0 Å². The summed E-state index contributed by atoms with van der Waals surface area (Å²) in [5, 5.41) is 0. The number of likely N-dealkylation sites (tertiary alicyclic amines) is 1. The number of nitrogens with zero attached hydrogens (tertiary/aromatic N) is 1. The Labute approximate surface area is 85.4 Å². The normalized spacial score (nSPS) is 34.6. The fourth-order valence-electron chi connectivity index (χ4n) is 2.52. The molecule has 80 valence electrons. The molecule has 1 unspecified atom stereocenters. The third-order valence-electron chi connectivity index (χ3n) is 3.32. The van der Waals surface area contributed by atoms with Crippen LogP contribution in [0.1, 0.15) is 25.7 Å².